The Bertz CT molecular complexity index is 424. The van der Waals surface area contributed by atoms with Crippen molar-refractivity contribution in [2.45, 2.75) is 12.6 Å². The van der Waals surface area contributed by atoms with Crippen molar-refractivity contribution >= 4 is 11.6 Å². The molecule has 0 bridgehead atoms. The molecule has 86 valence electrons. The topological polar surface area (TPSA) is 58.5 Å². The molecule has 0 aliphatic rings. The van der Waals surface area contributed by atoms with Crippen LogP contribution in [0.3, 0.4) is 0 Å². The number of rotatable bonds is 5. The van der Waals surface area contributed by atoms with Crippen molar-refractivity contribution in [3.8, 4) is 0 Å². The number of furan rings is 2. The van der Waals surface area contributed by atoms with Crippen molar-refractivity contribution in [2.75, 3.05) is 6.61 Å². The van der Waals surface area contributed by atoms with Gasteiger partial charge in [-0.2, -0.15) is 0 Å². The molecule has 0 aliphatic heterocycles. The Balaban J connectivity index is 1.93. The van der Waals surface area contributed by atoms with Gasteiger partial charge in [0.1, 0.15) is 11.5 Å². The third-order valence-electron chi connectivity index (χ3n) is 2.22. The van der Waals surface area contributed by atoms with Gasteiger partial charge in [0.2, 0.25) is 0 Å². The van der Waals surface area contributed by atoms with E-state index in [0.29, 0.717) is 17.5 Å². The van der Waals surface area contributed by atoms with E-state index in [2.05, 4.69) is 5.32 Å². The van der Waals surface area contributed by atoms with Crippen molar-refractivity contribution in [1.29, 1.82) is 0 Å². The molecule has 0 spiro atoms. The number of hydrogen-bond donors (Lipinski definition) is 2. The maximum Gasteiger partial charge on any atom is 0.193 e. The van der Waals surface area contributed by atoms with Gasteiger partial charge in [0.15, 0.2) is 5.22 Å². The van der Waals surface area contributed by atoms with E-state index in [4.69, 9.17) is 20.4 Å². The zero-order valence-corrected chi connectivity index (χ0v) is 9.28. The summed E-state index contributed by atoms with van der Waals surface area (Å²) in [7, 11) is 0. The predicted molar refractivity (Wildman–Crippen MR) is 59.1 cm³/mol. The van der Waals surface area contributed by atoms with Crippen molar-refractivity contribution < 1.29 is 13.9 Å². The molecule has 16 heavy (non-hydrogen) atoms. The molecule has 4 nitrogen and oxygen atoms in total. The zero-order valence-electron chi connectivity index (χ0n) is 8.52. The van der Waals surface area contributed by atoms with Crippen LogP contribution in [-0.2, 0) is 6.54 Å². The van der Waals surface area contributed by atoms with Gasteiger partial charge in [-0.1, -0.05) is 0 Å². The molecule has 2 N–H and O–H groups in total. The number of halogens is 1. The zero-order chi connectivity index (χ0) is 11.4. The second-order valence-corrected chi connectivity index (χ2v) is 3.71. The molecule has 0 radical (unpaired) electrons. The van der Waals surface area contributed by atoms with E-state index in [1.165, 1.54) is 0 Å². The van der Waals surface area contributed by atoms with Crippen LogP contribution >= 0.6 is 11.6 Å². The van der Waals surface area contributed by atoms with E-state index in [0.717, 1.165) is 5.76 Å². The summed E-state index contributed by atoms with van der Waals surface area (Å²) in [5.41, 5.74) is 0. The van der Waals surface area contributed by atoms with Gasteiger partial charge in [-0.25, -0.2) is 0 Å². The minimum absolute atomic E-state index is 0.0397. The molecule has 0 aromatic carbocycles. The summed E-state index contributed by atoms with van der Waals surface area (Å²) in [6, 6.07) is 6.82. The van der Waals surface area contributed by atoms with Crippen molar-refractivity contribution in [1.82, 2.24) is 5.32 Å². The summed E-state index contributed by atoms with van der Waals surface area (Å²) in [6.45, 7) is 0.445. The quantitative estimate of drug-likeness (QED) is 0.844. The van der Waals surface area contributed by atoms with Crippen molar-refractivity contribution in [2.24, 2.45) is 0 Å². The van der Waals surface area contributed by atoms with Crippen LogP contribution in [0.5, 0.6) is 0 Å². The molecular weight excluding hydrogens is 230 g/mol. The van der Waals surface area contributed by atoms with Gasteiger partial charge in [0.25, 0.3) is 0 Å². The number of aliphatic hydroxyl groups is 1. The lowest BCUT2D eigenvalue weighted by molar-refractivity contribution is 0.223. The summed E-state index contributed by atoms with van der Waals surface area (Å²) in [6.07, 6.45) is 1.57. The van der Waals surface area contributed by atoms with Crippen molar-refractivity contribution in [3.63, 3.8) is 0 Å². The van der Waals surface area contributed by atoms with E-state index >= 15 is 0 Å². The Labute approximate surface area is 97.8 Å². The lowest BCUT2D eigenvalue weighted by Gasteiger charge is -2.12. The summed E-state index contributed by atoms with van der Waals surface area (Å²) >= 11 is 5.65. The molecule has 2 heterocycles. The first-order valence-electron chi connectivity index (χ1n) is 4.91. The molecule has 0 aliphatic carbocycles. The Morgan fingerprint density at radius 3 is 2.81 bits per heavy atom. The molecule has 2 aromatic rings. The first-order valence-corrected chi connectivity index (χ1v) is 5.29. The maximum absolute atomic E-state index is 9.20. The maximum atomic E-state index is 9.20. The molecule has 2 rings (SSSR count). The molecule has 0 amide bonds. The average molecular weight is 242 g/mol. The Hall–Kier alpha value is -1.23. The minimum atomic E-state index is -0.237. The highest BCUT2D eigenvalue weighted by Gasteiger charge is 2.13. The summed E-state index contributed by atoms with van der Waals surface area (Å²) in [4.78, 5) is 0. The van der Waals surface area contributed by atoms with Crippen molar-refractivity contribution in [3.05, 3.63) is 47.3 Å². The molecule has 5 heteroatoms. The SMILES string of the molecule is OCC(NCc1ccc(Cl)o1)c1ccco1. The highest BCUT2D eigenvalue weighted by Crippen LogP contribution is 2.16. The van der Waals surface area contributed by atoms with E-state index in [-0.39, 0.29) is 12.6 Å². The van der Waals surface area contributed by atoms with Crippen LogP contribution < -0.4 is 5.32 Å². The third-order valence-corrected chi connectivity index (χ3v) is 2.42. The molecule has 0 fully saturated rings. The fourth-order valence-corrected chi connectivity index (χ4v) is 1.58. The normalized spacial score (nSPS) is 12.9. The molecule has 2 aromatic heterocycles. The standard InChI is InChI=1S/C11H12ClNO3/c12-11-4-3-8(16-11)6-13-9(7-14)10-2-1-5-15-10/h1-5,9,13-14H,6-7H2. The minimum Gasteiger partial charge on any atom is -0.468 e. The average Bonchev–Trinajstić information content (AvgIpc) is 2.91. The lowest BCUT2D eigenvalue weighted by Crippen LogP contribution is -2.23. The Morgan fingerprint density at radius 1 is 1.38 bits per heavy atom. The van der Waals surface area contributed by atoms with Crippen LogP contribution in [0.1, 0.15) is 17.6 Å². The molecular formula is C11H12ClNO3. The van der Waals surface area contributed by atoms with Crippen LogP contribution in [0.4, 0.5) is 0 Å². The fraction of sp³-hybridized carbons (Fsp3) is 0.273. The molecule has 1 unspecified atom stereocenters. The van der Waals surface area contributed by atoms with E-state index < -0.39 is 0 Å². The second-order valence-electron chi connectivity index (χ2n) is 3.34. The van der Waals surface area contributed by atoms with Crippen LogP contribution in [0.25, 0.3) is 0 Å². The van der Waals surface area contributed by atoms with Gasteiger partial charge < -0.3 is 13.9 Å². The molecule has 0 saturated heterocycles. The van der Waals surface area contributed by atoms with Gasteiger partial charge in [-0.05, 0) is 35.9 Å². The van der Waals surface area contributed by atoms with Crippen LogP contribution in [0.2, 0.25) is 5.22 Å². The van der Waals surface area contributed by atoms with E-state index in [9.17, 15) is 5.11 Å². The van der Waals surface area contributed by atoms with Crippen LogP contribution in [-0.4, -0.2) is 11.7 Å². The van der Waals surface area contributed by atoms with E-state index in [1.807, 2.05) is 6.07 Å². The largest absolute Gasteiger partial charge is 0.468 e. The predicted octanol–water partition coefficient (Wildman–Crippen LogP) is 2.35. The highest BCUT2D eigenvalue weighted by molar-refractivity contribution is 6.28. The first-order chi connectivity index (χ1) is 7.79. The van der Waals surface area contributed by atoms with Gasteiger partial charge >= 0.3 is 0 Å². The van der Waals surface area contributed by atoms with Gasteiger partial charge in [0, 0.05) is 0 Å². The first kappa shape index (κ1) is 11.3. The monoisotopic (exact) mass is 241 g/mol. The lowest BCUT2D eigenvalue weighted by atomic mass is 10.2. The summed E-state index contributed by atoms with van der Waals surface area (Å²) < 4.78 is 10.4. The fourth-order valence-electron chi connectivity index (χ4n) is 1.42. The van der Waals surface area contributed by atoms with Crippen LogP contribution in [0.15, 0.2) is 39.4 Å². The number of nitrogens with one attached hydrogen (secondary N) is 1. The van der Waals surface area contributed by atoms with Gasteiger partial charge in [-0.3, -0.25) is 5.32 Å². The smallest absolute Gasteiger partial charge is 0.193 e. The van der Waals surface area contributed by atoms with E-state index in [1.54, 1.807) is 24.5 Å². The highest BCUT2D eigenvalue weighted by atomic mass is 35.5. The van der Waals surface area contributed by atoms with Gasteiger partial charge in [0.05, 0.1) is 25.5 Å². The van der Waals surface area contributed by atoms with Crippen LogP contribution in [0, 0.1) is 0 Å². The second kappa shape index (κ2) is 5.21. The number of hydrogen-bond acceptors (Lipinski definition) is 4. The Kier molecular flexibility index (Phi) is 3.66. The summed E-state index contributed by atoms with van der Waals surface area (Å²) in [5, 5.41) is 12.7. The van der Waals surface area contributed by atoms with Gasteiger partial charge in [-0.15, -0.1) is 0 Å². The molecule has 1 atom stereocenters. The summed E-state index contributed by atoms with van der Waals surface area (Å²) in [5.74, 6) is 1.41. The Morgan fingerprint density at radius 2 is 2.25 bits per heavy atom. The third kappa shape index (κ3) is 2.66. The number of aliphatic hydroxyl groups excluding tert-OH is 1. The molecule has 0 saturated carbocycles.